The Hall–Kier alpha value is -1.47. The Balaban J connectivity index is 2.35. The molecule has 0 bridgehead atoms. The normalized spacial score (nSPS) is 23.2. The van der Waals surface area contributed by atoms with Crippen molar-refractivity contribution < 1.29 is 8.42 Å². The molecule has 1 unspecified atom stereocenters. The van der Waals surface area contributed by atoms with Gasteiger partial charge in [-0.2, -0.15) is 4.83 Å². The summed E-state index contributed by atoms with van der Waals surface area (Å²) < 4.78 is 23.1. The standard InChI is InChI=1S/C13H17N3O2S/c1-10-4-2-3-5-12(10)13(14)8-6-11(7-9-13)19(17,18)16-15/h2-8,16H,9,14-15H2,1H3. The van der Waals surface area contributed by atoms with Crippen LogP contribution in [0.4, 0.5) is 0 Å². The van der Waals surface area contributed by atoms with E-state index < -0.39 is 15.6 Å². The quantitative estimate of drug-likeness (QED) is 0.562. The zero-order chi connectivity index (χ0) is 14.1. The van der Waals surface area contributed by atoms with Gasteiger partial charge in [0.15, 0.2) is 0 Å². The first kappa shape index (κ1) is 14.0. The van der Waals surface area contributed by atoms with E-state index in [0.29, 0.717) is 6.42 Å². The lowest BCUT2D eigenvalue weighted by Gasteiger charge is -2.29. The minimum absolute atomic E-state index is 0.143. The lowest BCUT2D eigenvalue weighted by molar-refractivity contribution is 0.557. The van der Waals surface area contributed by atoms with Crippen LogP contribution in [0.25, 0.3) is 0 Å². The Morgan fingerprint density at radius 2 is 2.00 bits per heavy atom. The Bertz CT molecular complexity index is 650. The Morgan fingerprint density at radius 1 is 1.32 bits per heavy atom. The molecule has 0 aliphatic heterocycles. The van der Waals surface area contributed by atoms with Gasteiger partial charge in [-0.15, -0.1) is 0 Å². The van der Waals surface area contributed by atoms with E-state index in [4.69, 9.17) is 11.6 Å². The van der Waals surface area contributed by atoms with Crippen LogP contribution in [0.15, 0.2) is 47.4 Å². The average Bonchev–Trinajstić information content (AvgIpc) is 2.39. The van der Waals surface area contributed by atoms with Gasteiger partial charge in [0, 0.05) is 0 Å². The van der Waals surface area contributed by atoms with Crippen LogP contribution in [0.3, 0.4) is 0 Å². The van der Waals surface area contributed by atoms with E-state index in [-0.39, 0.29) is 4.91 Å². The van der Waals surface area contributed by atoms with Gasteiger partial charge in [-0.25, -0.2) is 8.42 Å². The molecule has 0 fully saturated rings. The van der Waals surface area contributed by atoms with Crippen molar-refractivity contribution in [3.05, 3.63) is 58.5 Å². The van der Waals surface area contributed by atoms with E-state index in [1.54, 1.807) is 17.0 Å². The summed E-state index contributed by atoms with van der Waals surface area (Å²) in [6.07, 6.45) is 5.19. The molecule has 0 amide bonds. The van der Waals surface area contributed by atoms with E-state index >= 15 is 0 Å². The first-order valence-corrected chi connectivity index (χ1v) is 7.34. The van der Waals surface area contributed by atoms with Gasteiger partial charge in [0.25, 0.3) is 10.0 Å². The topological polar surface area (TPSA) is 98.2 Å². The van der Waals surface area contributed by atoms with E-state index in [1.165, 1.54) is 6.08 Å². The predicted octanol–water partition coefficient (Wildman–Crippen LogP) is 0.786. The highest BCUT2D eigenvalue weighted by Crippen LogP contribution is 2.31. The van der Waals surface area contributed by atoms with Gasteiger partial charge in [0.05, 0.1) is 10.4 Å². The number of rotatable bonds is 3. The first-order valence-electron chi connectivity index (χ1n) is 5.86. The monoisotopic (exact) mass is 279 g/mol. The second kappa shape index (κ2) is 4.90. The third-order valence-corrected chi connectivity index (χ3v) is 4.53. The highest BCUT2D eigenvalue weighted by atomic mass is 32.2. The van der Waals surface area contributed by atoms with Crippen molar-refractivity contribution >= 4 is 10.0 Å². The lowest BCUT2D eigenvalue weighted by Crippen LogP contribution is -2.38. The molecule has 5 N–H and O–H groups in total. The van der Waals surface area contributed by atoms with Crippen LogP contribution in [0, 0.1) is 6.92 Å². The van der Waals surface area contributed by atoms with Crippen molar-refractivity contribution in [1.82, 2.24) is 4.83 Å². The van der Waals surface area contributed by atoms with E-state index in [2.05, 4.69) is 0 Å². The summed E-state index contributed by atoms with van der Waals surface area (Å²) in [4.78, 5) is 1.94. The molecule has 0 spiro atoms. The van der Waals surface area contributed by atoms with Crippen molar-refractivity contribution in [2.45, 2.75) is 18.9 Å². The van der Waals surface area contributed by atoms with Crippen molar-refractivity contribution in [3.63, 3.8) is 0 Å². The molecule has 5 nitrogen and oxygen atoms in total. The zero-order valence-corrected chi connectivity index (χ0v) is 11.4. The molecule has 0 radical (unpaired) electrons. The molecule has 19 heavy (non-hydrogen) atoms. The van der Waals surface area contributed by atoms with E-state index in [1.807, 2.05) is 31.2 Å². The molecular weight excluding hydrogens is 262 g/mol. The smallest absolute Gasteiger partial charge is 0.252 e. The van der Waals surface area contributed by atoms with Crippen molar-refractivity contribution in [1.29, 1.82) is 0 Å². The largest absolute Gasteiger partial charge is 0.318 e. The lowest BCUT2D eigenvalue weighted by atomic mass is 9.82. The van der Waals surface area contributed by atoms with Crippen LogP contribution >= 0.6 is 0 Å². The highest BCUT2D eigenvalue weighted by Gasteiger charge is 2.29. The minimum atomic E-state index is -3.62. The number of aryl methyl sites for hydroxylation is 1. The second-order valence-corrected chi connectivity index (χ2v) is 6.33. The molecule has 1 aliphatic rings. The summed E-state index contributed by atoms with van der Waals surface area (Å²) in [5.41, 5.74) is 7.73. The minimum Gasteiger partial charge on any atom is -0.318 e. The number of hydrogen-bond donors (Lipinski definition) is 3. The van der Waals surface area contributed by atoms with Crippen LogP contribution < -0.4 is 16.4 Å². The Morgan fingerprint density at radius 3 is 2.53 bits per heavy atom. The van der Waals surface area contributed by atoms with Crippen LogP contribution in [-0.2, 0) is 15.6 Å². The zero-order valence-electron chi connectivity index (χ0n) is 10.6. The molecule has 2 rings (SSSR count). The molecular formula is C13H17N3O2S. The van der Waals surface area contributed by atoms with Gasteiger partial charge in [-0.3, -0.25) is 5.84 Å². The molecule has 0 aromatic heterocycles. The SMILES string of the molecule is Cc1ccccc1C1(N)C=CC(S(=O)(=O)NN)=CC1. The number of allylic oxidation sites excluding steroid dienone is 1. The molecule has 1 aromatic rings. The van der Waals surface area contributed by atoms with Crippen molar-refractivity contribution in [3.8, 4) is 0 Å². The fourth-order valence-corrected chi connectivity index (χ4v) is 2.88. The molecule has 0 saturated carbocycles. The molecule has 0 saturated heterocycles. The van der Waals surface area contributed by atoms with Gasteiger partial charge < -0.3 is 5.73 Å². The third-order valence-electron chi connectivity index (χ3n) is 3.30. The number of sulfonamides is 1. The van der Waals surface area contributed by atoms with Gasteiger partial charge >= 0.3 is 0 Å². The van der Waals surface area contributed by atoms with Crippen LogP contribution in [0.2, 0.25) is 0 Å². The summed E-state index contributed by atoms with van der Waals surface area (Å²) in [7, 11) is -3.62. The fraction of sp³-hybridized carbons (Fsp3) is 0.231. The summed E-state index contributed by atoms with van der Waals surface area (Å²) in [5.74, 6) is 5.00. The number of hydrogen-bond acceptors (Lipinski definition) is 4. The van der Waals surface area contributed by atoms with E-state index in [9.17, 15) is 8.42 Å². The Labute approximate surface area is 113 Å². The average molecular weight is 279 g/mol. The molecule has 6 heteroatoms. The van der Waals surface area contributed by atoms with Gasteiger partial charge in [-0.05, 0) is 30.5 Å². The van der Waals surface area contributed by atoms with Crippen LogP contribution in [0.5, 0.6) is 0 Å². The van der Waals surface area contributed by atoms with Crippen molar-refractivity contribution in [2.75, 3.05) is 0 Å². The summed E-state index contributed by atoms with van der Waals surface area (Å²) in [5, 5.41) is 0. The second-order valence-electron chi connectivity index (χ2n) is 4.62. The van der Waals surface area contributed by atoms with E-state index in [0.717, 1.165) is 11.1 Å². The fourth-order valence-electron chi connectivity index (χ4n) is 2.20. The van der Waals surface area contributed by atoms with Gasteiger partial charge in [0.1, 0.15) is 0 Å². The highest BCUT2D eigenvalue weighted by molar-refractivity contribution is 7.93. The number of nitrogens with two attached hydrogens (primary N) is 2. The maximum absolute atomic E-state index is 11.6. The Kier molecular flexibility index (Phi) is 3.60. The number of benzene rings is 1. The predicted molar refractivity (Wildman–Crippen MR) is 75.1 cm³/mol. The number of nitrogens with one attached hydrogen (secondary N) is 1. The third kappa shape index (κ3) is 2.62. The van der Waals surface area contributed by atoms with Gasteiger partial charge in [0.2, 0.25) is 0 Å². The number of hydrazine groups is 1. The molecule has 1 aliphatic carbocycles. The summed E-state index contributed by atoms with van der Waals surface area (Å²) in [6.45, 7) is 1.98. The summed E-state index contributed by atoms with van der Waals surface area (Å²) >= 11 is 0. The van der Waals surface area contributed by atoms with Crippen LogP contribution in [-0.4, -0.2) is 8.42 Å². The van der Waals surface area contributed by atoms with Crippen LogP contribution in [0.1, 0.15) is 17.5 Å². The maximum atomic E-state index is 11.6. The molecule has 0 heterocycles. The molecule has 1 aromatic carbocycles. The first-order chi connectivity index (χ1) is 8.89. The molecule has 1 atom stereocenters. The van der Waals surface area contributed by atoms with Gasteiger partial charge in [-0.1, -0.05) is 36.4 Å². The maximum Gasteiger partial charge on any atom is 0.252 e. The summed E-state index contributed by atoms with van der Waals surface area (Å²) in [6, 6.07) is 7.80. The van der Waals surface area contributed by atoms with Crippen molar-refractivity contribution in [2.24, 2.45) is 11.6 Å². The molecule has 102 valence electrons.